The Labute approximate surface area is 207 Å². The molecule has 0 bridgehead atoms. The van der Waals surface area contributed by atoms with Gasteiger partial charge in [-0.3, -0.25) is 14.9 Å². The van der Waals surface area contributed by atoms with E-state index in [9.17, 15) is 28.1 Å². The van der Waals surface area contributed by atoms with Crippen molar-refractivity contribution >= 4 is 29.5 Å². The molecular weight excluding hydrogens is 485 g/mol. The molecule has 1 aromatic carbocycles. The van der Waals surface area contributed by atoms with Gasteiger partial charge in [-0.15, -0.1) is 11.8 Å². The summed E-state index contributed by atoms with van der Waals surface area (Å²) >= 11 is 1.16. The first-order chi connectivity index (χ1) is 16.4. The maximum Gasteiger partial charge on any atom is 0.417 e. The van der Waals surface area contributed by atoms with E-state index in [0.717, 1.165) is 81.7 Å². The minimum atomic E-state index is -4.79. The van der Waals surface area contributed by atoms with Crippen LogP contribution in [-0.2, 0) is 15.8 Å². The minimum Gasteiger partial charge on any atom is -0.333 e. The van der Waals surface area contributed by atoms with E-state index in [1.165, 1.54) is 4.90 Å². The zero-order chi connectivity index (χ0) is 26.4. The summed E-state index contributed by atoms with van der Waals surface area (Å²) in [5.41, 5.74) is -2.12. The van der Waals surface area contributed by atoms with Crippen LogP contribution in [0.25, 0.3) is 0 Å². The standard InChI is InChI=1S/C23H31F3N2O3S.CO2/c1-4-22(11-8-12-22)32-20-14-18(23(24,25)26)17(13-19(20)28(30)31)21(29)27(15(2)3)16-9-6-5-7-10-16;2-1-3/h13-16H,4-12H2,1-3H3;. The van der Waals surface area contributed by atoms with Crippen molar-refractivity contribution in [1.29, 1.82) is 0 Å². The molecule has 0 aliphatic heterocycles. The summed E-state index contributed by atoms with van der Waals surface area (Å²) in [7, 11) is 0. The summed E-state index contributed by atoms with van der Waals surface area (Å²) in [6, 6.07) is 1.25. The lowest BCUT2D eigenvalue weighted by Gasteiger charge is -2.40. The van der Waals surface area contributed by atoms with Gasteiger partial charge in [-0.05, 0) is 52.0 Å². The molecule has 0 radical (unpaired) electrons. The van der Waals surface area contributed by atoms with Gasteiger partial charge in [-0.2, -0.15) is 22.8 Å². The molecule has 2 aliphatic carbocycles. The van der Waals surface area contributed by atoms with Crippen LogP contribution in [0.2, 0.25) is 0 Å². The zero-order valence-corrected chi connectivity index (χ0v) is 21.0. The number of rotatable bonds is 7. The van der Waals surface area contributed by atoms with Crippen LogP contribution in [0.15, 0.2) is 17.0 Å². The summed E-state index contributed by atoms with van der Waals surface area (Å²) < 4.78 is 42.0. The molecule has 0 N–H and O–H groups in total. The van der Waals surface area contributed by atoms with Crippen LogP contribution in [0.1, 0.15) is 94.5 Å². The Balaban J connectivity index is 0.00000137. The average Bonchev–Trinajstić information content (AvgIpc) is 2.76. The van der Waals surface area contributed by atoms with E-state index in [4.69, 9.17) is 9.59 Å². The fourth-order valence-electron chi connectivity index (χ4n) is 4.86. The Morgan fingerprint density at radius 2 is 1.77 bits per heavy atom. The molecule has 7 nitrogen and oxygen atoms in total. The van der Waals surface area contributed by atoms with Crippen molar-refractivity contribution in [3.8, 4) is 0 Å². The predicted molar refractivity (Wildman–Crippen MR) is 124 cm³/mol. The number of nitrogens with zero attached hydrogens (tertiary/aromatic N) is 2. The van der Waals surface area contributed by atoms with Crippen molar-refractivity contribution in [3.63, 3.8) is 0 Å². The average molecular weight is 517 g/mol. The normalized spacial score (nSPS) is 17.6. The summed E-state index contributed by atoms with van der Waals surface area (Å²) in [5.74, 6) is -0.771. The smallest absolute Gasteiger partial charge is 0.333 e. The van der Waals surface area contributed by atoms with E-state index in [1.807, 2.05) is 6.92 Å². The molecule has 0 aromatic heterocycles. The monoisotopic (exact) mass is 516 g/mol. The van der Waals surface area contributed by atoms with Gasteiger partial charge in [-0.25, -0.2) is 0 Å². The fraction of sp³-hybridized carbons (Fsp3) is 0.667. The van der Waals surface area contributed by atoms with Crippen LogP contribution < -0.4 is 0 Å². The van der Waals surface area contributed by atoms with Crippen molar-refractivity contribution in [1.82, 2.24) is 4.90 Å². The van der Waals surface area contributed by atoms with Gasteiger partial charge in [0.1, 0.15) is 0 Å². The number of alkyl halides is 3. The first-order valence-corrected chi connectivity index (χ1v) is 12.6. The van der Waals surface area contributed by atoms with Crippen molar-refractivity contribution in [3.05, 3.63) is 33.4 Å². The lowest BCUT2D eigenvalue weighted by atomic mass is 9.82. The second-order valence-electron chi connectivity index (χ2n) is 9.29. The SMILES string of the molecule is CCC1(Sc2cc(C(F)(F)F)c(C(=O)N(C(C)C)C3CCCCC3)cc2[N+](=O)[O-])CCC1.O=C=O. The van der Waals surface area contributed by atoms with Gasteiger partial charge < -0.3 is 4.90 Å². The summed E-state index contributed by atoms with van der Waals surface area (Å²) in [6.07, 6.45) is 3.13. The lowest BCUT2D eigenvalue weighted by molar-refractivity contribution is -0.387. The van der Waals surface area contributed by atoms with Gasteiger partial charge >= 0.3 is 12.3 Å². The fourth-order valence-corrected chi connectivity index (χ4v) is 6.38. The minimum absolute atomic E-state index is 0.00538. The number of carbonyl (C=O) groups excluding carboxylic acids is 3. The number of benzene rings is 1. The van der Waals surface area contributed by atoms with Gasteiger partial charge in [0.25, 0.3) is 11.6 Å². The molecule has 2 fully saturated rings. The molecular formula is C24H31F3N2O5S. The largest absolute Gasteiger partial charge is 0.417 e. The summed E-state index contributed by atoms with van der Waals surface area (Å²) in [6.45, 7) is 5.51. The molecule has 0 atom stereocenters. The third kappa shape index (κ3) is 6.85. The Hall–Kier alpha value is -2.39. The number of hydrogen-bond acceptors (Lipinski definition) is 6. The van der Waals surface area contributed by atoms with Crippen LogP contribution >= 0.6 is 11.8 Å². The molecule has 0 unspecified atom stereocenters. The van der Waals surface area contributed by atoms with Crippen molar-refractivity contribution in [2.24, 2.45) is 0 Å². The molecule has 2 aliphatic rings. The summed E-state index contributed by atoms with van der Waals surface area (Å²) in [4.78, 5) is 42.4. The number of halogens is 3. The van der Waals surface area contributed by atoms with Gasteiger partial charge in [0.2, 0.25) is 0 Å². The highest BCUT2D eigenvalue weighted by molar-refractivity contribution is 8.00. The molecule has 11 heteroatoms. The highest BCUT2D eigenvalue weighted by Crippen LogP contribution is 2.53. The van der Waals surface area contributed by atoms with E-state index < -0.39 is 33.8 Å². The van der Waals surface area contributed by atoms with Gasteiger partial charge in [0.15, 0.2) is 0 Å². The maximum absolute atomic E-state index is 14.1. The molecule has 194 valence electrons. The Kier molecular flexibility index (Phi) is 9.92. The van der Waals surface area contributed by atoms with E-state index >= 15 is 0 Å². The second kappa shape index (κ2) is 12.0. The Bertz CT molecular complexity index is 946. The first kappa shape index (κ1) is 28.8. The molecule has 35 heavy (non-hydrogen) atoms. The molecule has 3 rings (SSSR count). The number of amides is 1. The number of nitro groups is 1. The number of carbonyl (C=O) groups is 1. The van der Waals surface area contributed by atoms with Gasteiger partial charge in [0.05, 0.1) is 20.9 Å². The predicted octanol–water partition coefficient (Wildman–Crippen LogP) is 6.64. The Morgan fingerprint density at radius 1 is 1.20 bits per heavy atom. The quantitative estimate of drug-likeness (QED) is 0.298. The van der Waals surface area contributed by atoms with Crippen molar-refractivity contribution in [2.45, 2.75) is 106 Å². The van der Waals surface area contributed by atoms with E-state index in [0.29, 0.717) is 0 Å². The number of hydrogen-bond donors (Lipinski definition) is 0. The van der Waals surface area contributed by atoms with E-state index in [-0.39, 0.29) is 27.9 Å². The molecule has 1 aromatic rings. The third-order valence-electron chi connectivity index (χ3n) is 6.83. The van der Waals surface area contributed by atoms with Crippen molar-refractivity contribution < 1.29 is 32.5 Å². The van der Waals surface area contributed by atoms with Gasteiger partial charge in [0, 0.05) is 22.9 Å². The first-order valence-electron chi connectivity index (χ1n) is 11.8. The van der Waals surface area contributed by atoms with E-state index in [2.05, 4.69) is 0 Å². The van der Waals surface area contributed by atoms with Crippen LogP contribution in [0.3, 0.4) is 0 Å². The molecule has 2 saturated carbocycles. The molecule has 0 heterocycles. The van der Waals surface area contributed by atoms with Crippen LogP contribution in [0.5, 0.6) is 0 Å². The lowest BCUT2D eigenvalue weighted by Crippen LogP contribution is -2.46. The third-order valence-corrected chi connectivity index (χ3v) is 8.50. The zero-order valence-electron chi connectivity index (χ0n) is 20.2. The maximum atomic E-state index is 14.1. The van der Waals surface area contributed by atoms with Crippen molar-refractivity contribution in [2.75, 3.05) is 0 Å². The number of thioether (sulfide) groups is 1. The Morgan fingerprint density at radius 3 is 2.17 bits per heavy atom. The van der Waals surface area contributed by atoms with Crippen LogP contribution in [-0.4, -0.2) is 38.7 Å². The topological polar surface area (TPSA) is 97.6 Å². The van der Waals surface area contributed by atoms with Crippen LogP contribution in [0.4, 0.5) is 18.9 Å². The van der Waals surface area contributed by atoms with Gasteiger partial charge in [-0.1, -0.05) is 32.6 Å². The second-order valence-corrected chi connectivity index (χ2v) is 10.8. The van der Waals surface area contributed by atoms with Crippen LogP contribution in [0, 0.1) is 10.1 Å². The highest BCUT2D eigenvalue weighted by atomic mass is 32.2. The summed E-state index contributed by atoms with van der Waals surface area (Å²) in [5, 5.41) is 11.8. The van der Waals surface area contributed by atoms with E-state index in [1.54, 1.807) is 13.8 Å². The molecule has 1 amide bonds. The molecule has 0 saturated heterocycles. The number of nitro benzene ring substituents is 1. The highest BCUT2D eigenvalue weighted by Gasteiger charge is 2.43. The molecule has 0 spiro atoms.